The van der Waals surface area contributed by atoms with Crippen LogP contribution >= 0.6 is 82.5 Å². The van der Waals surface area contributed by atoms with Crippen LogP contribution < -0.4 is 26.8 Å². The molecule has 4 aromatic rings. The van der Waals surface area contributed by atoms with Gasteiger partial charge in [0.05, 0.1) is 46.1 Å². The first-order chi connectivity index (χ1) is 41.8. The van der Waals surface area contributed by atoms with Gasteiger partial charge in [0.2, 0.25) is 11.6 Å². The number of aromatic hydroxyl groups is 2. The van der Waals surface area contributed by atoms with Crippen LogP contribution in [0.5, 0.6) is 23.0 Å². The average Bonchev–Trinajstić information content (AvgIpc) is 0.810. The van der Waals surface area contributed by atoms with Crippen LogP contribution in [0, 0.1) is 45.5 Å². The summed E-state index contributed by atoms with van der Waals surface area (Å²) in [7, 11) is 0. The van der Waals surface area contributed by atoms with Crippen LogP contribution in [0.2, 0.25) is 0 Å². The summed E-state index contributed by atoms with van der Waals surface area (Å²) >= 11 is 9.29. The summed E-state index contributed by atoms with van der Waals surface area (Å²) in [6.45, 7) is 33.9. The molecule has 26 heteroatoms. The Morgan fingerprint density at radius 1 is 0.630 bits per heavy atom. The molecule has 2 heterocycles. The number of benzene rings is 4. The number of aliphatic hydroxyl groups is 2. The Hall–Kier alpha value is -1.94. The summed E-state index contributed by atoms with van der Waals surface area (Å²) < 4.78 is 36.0. The molecule has 19 nitrogen and oxygen atoms in total. The van der Waals surface area contributed by atoms with Crippen molar-refractivity contribution in [1.82, 2.24) is 9.80 Å². The van der Waals surface area contributed by atoms with E-state index in [2.05, 4.69) is 106 Å². The zero-order valence-corrected chi connectivity index (χ0v) is 68.0. The Balaban J connectivity index is 0.00000166. The van der Waals surface area contributed by atoms with Crippen molar-refractivity contribution in [3.8, 4) is 23.0 Å². The number of halogens is 5. The summed E-state index contributed by atoms with van der Waals surface area (Å²) in [6.07, 6.45) is 0.472. The molecular formula is C66H97ClI4N3O16V2-2. The quantitative estimate of drug-likeness (QED) is 0.0196. The predicted octanol–water partition coefficient (Wildman–Crippen LogP) is 9.18. The third-order valence-electron chi connectivity index (χ3n) is 13.6. The molecule has 7 N–H and O–H groups in total. The number of aliphatic hydroxyl groups excluding tert-OH is 2. The summed E-state index contributed by atoms with van der Waals surface area (Å²) in [5.41, 5.74) is 8.24. The Morgan fingerprint density at radius 2 is 0.978 bits per heavy atom. The van der Waals surface area contributed by atoms with Gasteiger partial charge in [-0.2, -0.15) is 6.92 Å². The van der Waals surface area contributed by atoms with E-state index in [0.717, 1.165) is 56.0 Å². The molecule has 2 aliphatic heterocycles. The molecule has 0 fully saturated rings. The van der Waals surface area contributed by atoms with Gasteiger partial charge in [-0.3, -0.25) is 29.1 Å². The van der Waals surface area contributed by atoms with Gasteiger partial charge in [0.25, 0.3) is 0 Å². The normalized spacial score (nSPS) is 14.1. The van der Waals surface area contributed by atoms with Crippen LogP contribution in [0.1, 0.15) is 156 Å². The number of quaternary nitrogens is 1. The Bertz CT molecular complexity index is 2790. The number of nitrogens with one attached hydrogen (secondary N) is 1. The van der Waals surface area contributed by atoms with Gasteiger partial charge < -0.3 is 106 Å². The van der Waals surface area contributed by atoms with Crippen molar-refractivity contribution >= 4 is 106 Å². The molecule has 0 amide bonds. The van der Waals surface area contributed by atoms with E-state index in [1.807, 2.05) is 120 Å². The second kappa shape index (κ2) is 42.8. The smallest absolute Gasteiger partial charge is 0 e. The molecule has 2 unspecified atom stereocenters. The van der Waals surface area contributed by atoms with Crippen molar-refractivity contribution in [2.45, 2.75) is 192 Å². The monoisotopic (exact) mass is 1830 g/mol. The van der Waals surface area contributed by atoms with Crippen molar-refractivity contribution in [2.24, 2.45) is 5.92 Å². The fourth-order valence-corrected chi connectivity index (χ4v) is 10.3. The number of aryl methyl sites for hydroxylation is 4. The number of hydrogen-bond donors (Lipinski definition) is 7. The molecule has 1 radical (unpaired) electrons. The number of ether oxygens (including phenoxy) is 6. The maximum absolute atomic E-state index is 13.2. The molecule has 2 atom stereocenters. The van der Waals surface area contributed by atoms with Crippen molar-refractivity contribution < 1.29 is 119 Å². The average molecular weight is 1830 g/mol. The van der Waals surface area contributed by atoms with Crippen molar-refractivity contribution in [3.05, 3.63) is 127 Å². The second-order valence-corrected chi connectivity index (χ2v) is 60.4. The van der Waals surface area contributed by atoms with Gasteiger partial charge in [-0.1, -0.05) is 64.7 Å². The van der Waals surface area contributed by atoms with Gasteiger partial charge in [0.1, 0.15) is 40.7 Å². The van der Waals surface area contributed by atoms with Gasteiger partial charge in [-0.05, 0) is 93.2 Å². The van der Waals surface area contributed by atoms with E-state index in [4.69, 9.17) is 28.4 Å². The molecule has 0 saturated heterocycles. The van der Waals surface area contributed by atoms with Crippen molar-refractivity contribution in [1.29, 1.82) is 0 Å². The van der Waals surface area contributed by atoms with E-state index in [-0.39, 0.29) is 117 Å². The van der Waals surface area contributed by atoms with Gasteiger partial charge in [0, 0.05) is 124 Å². The summed E-state index contributed by atoms with van der Waals surface area (Å²) in [5.74, 6) is -3.15. The van der Waals surface area contributed by atoms with Crippen LogP contribution in [0.15, 0.2) is 48.5 Å². The molecule has 92 heavy (non-hydrogen) atoms. The van der Waals surface area contributed by atoms with Crippen LogP contribution in [-0.2, 0) is 114 Å². The largest absolute Gasteiger partial charge is 0 e. The number of phenols is 2. The Labute approximate surface area is 616 Å². The first kappa shape index (κ1) is 90.1. The molecule has 6 rings (SSSR count). The minimum absolute atomic E-state index is 0. The van der Waals surface area contributed by atoms with Gasteiger partial charge in [-0.15, -0.1) is 0 Å². The number of fused-ring (bicyclic) bond motifs is 2. The Morgan fingerprint density at radius 3 is 1.34 bits per heavy atom. The van der Waals surface area contributed by atoms with E-state index in [0.29, 0.717) is 79.5 Å². The number of carboxylic acids is 2. The number of carbonyl (C=O) groups excluding carboxylic acids is 2. The first-order valence-electron chi connectivity index (χ1n) is 29.5. The van der Waals surface area contributed by atoms with E-state index in [1.165, 1.54) is 0 Å². The molecule has 4 aromatic carbocycles. The van der Waals surface area contributed by atoms with Gasteiger partial charge in [-0.25, -0.2) is 4.79 Å². The summed E-state index contributed by atoms with van der Waals surface area (Å²) in [6, 6.07) is 15.2. The predicted molar refractivity (Wildman–Crippen MR) is 380 cm³/mol. The van der Waals surface area contributed by atoms with E-state index in [9.17, 15) is 49.8 Å². The van der Waals surface area contributed by atoms with E-state index < -0.39 is 34.7 Å². The molecule has 519 valence electrons. The minimum Gasteiger partial charge on any atom is 0 e. The molecule has 0 spiro atoms. The molecule has 0 bridgehead atoms. The molecular weight excluding hydrogens is 1740 g/mol. The number of aliphatic carboxylic acids is 2. The van der Waals surface area contributed by atoms with E-state index >= 15 is 0 Å². The number of carbonyl (C=O) groups is 4. The third-order valence-corrected chi connectivity index (χ3v) is 13.6. The molecule has 2 aliphatic rings. The number of hydrogen-bond acceptors (Lipinski definition) is 16. The van der Waals surface area contributed by atoms with Crippen molar-refractivity contribution in [3.63, 3.8) is 0 Å². The van der Waals surface area contributed by atoms with Gasteiger partial charge >= 0.3 is 88.7 Å². The third kappa shape index (κ3) is 34.0. The van der Waals surface area contributed by atoms with Crippen molar-refractivity contribution in [2.75, 3.05) is 39.3 Å². The van der Waals surface area contributed by atoms with Crippen LogP contribution in [0.4, 0.5) is 0 Å². The minimum atomic E-state index is -1.02. The van der Waals surface area contributed by atoms with Crippen LogP contribution in [0.25, 0.3) is 0 Å². The summed E-state index contributed by atoms with van der Waals surface area (Å²) in [4.78, 5) is 57.0. The number of rotatable bonds is 24. The number of carboxylic acid groups (broad SMARTS) is 2. The fraction of sp³-hybridized carbons (Fsp3) is 0.545. The molecule has 0 aliphatic carbocycles. The second-order valence-electron chi connectivity index (χ2n) is 25.1. The topological polar surface area (TPSA) is 256 Å². The molecule has 0 aromatic heterocycles. The zero-order valence-electron chi connectivity index (χ0n) is 55.9. The zero-order chi connectivity index (χ0) is 68.6. The molecule has 0 saturated carbocycles. The van der Waals surface area contributed by atoms with Gasteiger partial charge in [0.15, 0.2) is 6.54 Å². The maximum Gasteiger partial charge on any atom is 0 e. The van der Waals surface area contributed by atoms with Crippen LogP contribution in [-0.4, -0.2) is 126 Å². The van der Waals surface area contributed by atoms with E-state index in [1.54, 1.807) is 31.2 Å². The SMILES string of the molecule is Cc1cc(CO)c(O)c(CC(CC[NH+](CC(=O)O)Cc2cc(C)cc(CO)c2O)CC(=O)O)c1.Cc1cc2c(c(CN(CCN(CC(=O)OC(C)(C)C)Cc3cc(C)cc4c3OC(C)(C)OC4)CC(=O)OC(C)(C)C)c1)OC(C)(C)OC2.[CH2-]C.[CH2-]I.[Cl-].[I][V]([I])[I].[V]. The number of esters is 2. The maximum atomic E-state index is 13.2. The standard InChI is InChI=1S/C38H56N2O8.C25H33NO8.C2H5.CH2I.ClH.3HI.2V/c1-25-15-27(33-29(17-25)23-43-37(9,10)47-33)19-39(21-31(41)45-35(3,4)5)13-14-40(22-32(42)46-36(6,7)8)20-28-16-26(2)18-30-24-44-38(11,12)48-34(28)30;1-15-5-18(24(33)20(7-15)13-27)9-17(10-22(29)30)3-4-26(12-23(31)32)11-19-6-16(2)8-21(14-28)25(19)34;2*1-2;;;;;;/h15-18H,13-14,19-24H2,1-12H3;5-8,17,27-28,33-34H,3-4,9-14H2,1-2H3,(H,29,30)(H,31,32);1H2,2H3;1H2;4*1H;;/q;;2*-1;;;;;;+3/p-3. The summed E-state index contributed by atoms with van der Waals surface area (Å²) in [5, 5.41) is 58.6. The first-order valence-corrected chi connectivity index (χ1v) is 44.5. The fourth-order valence-electron chi connectivity index (χ4n) is 10.3. The Kier molecular flexibility index (Phi) is 41.9. The van der Waals surface area contributed by atoms with Crippen LogP contribution in [0.3, 0.4) is 0 Å². The number of nitrogens with zero attached hydrogens (tertiary/aromatic N) is 2.